The molecule has 12 heteroatoms. The van der Waals surface area contributed by atoms with Crippen LogP contribution in [-0.4, -0.2) is 65.6 Å². The molecule has 9 nitrogen and oxygen atoms in total. The summed E-state index contributed by atoms with van der Waals surface area (Å²) in [5.74, 6) is -0.0509. The van der Waals surface area contributed by atoms with Crippen molar-refractivity contribution in [2.24, 2.45) is 0 Å². The largest absolute Gasteiger partial charge is 0.423 e. The van der Waals surface area contributed by atoms with E-state index in [0.717, 1.165) is 41.8 Å². The van der Waals surface area contributed by atoms with Gasteiger partial charge in [-0.1, -0.05) is 18.2 Å². The molecule has 1 amide bonds. The van der Waals surface area contributed by atoms with Crippen LogP contribution in [0.25, 0.3) is 10.9 Å². The number of carbonyl (C=O) groups excluding carboxylic acids is 1. The molecular formula is C28H30F3N5O4. The van der Waals surface area contributed by atoms with E-state index >= 15 is 0 Å². The van der Waals surface area contributed by atoms with Crippen LogP contribution in [0.3, 0.4) is 0 Å². The third-order valence-electron chi connectivity index (χ3n) is 7.59. The molecule has 1 aliphatic carbocycles. The van der Waals surface area contributed by atoms with Gasteiger partial charge in [-0.15, -0.1) is 0 Å². The molecule has 212 valence electrons. The lowest BCUT2D eigenvalue weighted by Gasteiger charge is -2.37. The summed E-state index contributed by atoms with van der Waals surface area (Å²) in [6.07, 6.45) is -0.503. The van der Waals surface area contributed by atoms with Crippen molar-refractivity contribution in [3.63, 3.8) is 0 Å². The molecule has 2 fully saturated rings. The highest BCUT2D eigenvalue weighted by atomic mass is 19.4. The van der Waals surface area contributed by atoms with Crippen molar-refractivity contribution < 1.29 is 27.6 Å². The lowest BCUT2D eigenvalue weighted by atomic mass is 9.92. The molecule has 1 saturated carbocycles. The third-order valence-corrected chi connectivity index (χ3v) is 7.59. The molecule has 1 aromatic heterocycles. The zero-order valence-corrected chi connectivity index (χ0v) is 21.8. The molecule has 2 heterocycles. The number of halogens is 3. The number of pyridine rings is 1. The summed E-state index contributed by atoms with van der Waals surface area (Å²) in [6, 6.07) is 12.9. The van der Waals surface area contributed by atoms with Crippen molar-refractivity contribution in [2.75, 3.05) is 43.0 Å². The van der Waals surface area contributed by atoms with Crippen LogP contribution in [0.4, 0.5) is 30.2 Å². The quantitative estimate of drug-likeness (QED) is 0.313. The zero-order chi connectivity index (χ0) is 28.3. The first-order valence-electron chi connectivity index (χ1n) is 13.3. The van der Waals surface area contributed by atoms with Gasteiger partial charge in [-0.25, -0.2) is 0 Å². The van der Waals surface area contributed by atoms with E-state index in [-0.39, 0.29) is 30.3 Å². The molecule has 3 aromatic rings. The molecule has 0 bridgehead atoms. The minimum Gasteiger partial charge on any atom is -0.382 e. The van der Waals surface area contributed by atoms with Crippen molar-refractivity contribution >= 4 is 33.9 Å². The number of nitrogens with zero attached hydrogens (tertiary/aromatic N) is 4. The number of nitro benzene ring substituents is 1. The Kier molecular flexibility index (Phi) is 8.06. The molecular weight excluding hydrogens is 527 g/mol. The second kappa shape index (κ2) is 11.7. The number of alkyl halides is 3. The molecule has 1 aliphatic heterocycles. The van der Waals surface area contributed by atoms with Gasteiger partial charge in [0.1, 0.15) is 12.2 Å². The number of fused-ring (bicyclic) bond motifs is 1. The van der Waals surface area contributed by atoms with Crippen molar-refractivity contribution in [2.45, 2.75) is 44.0 Å². The van der Waals surface area contributed by atoms with Crippen LogP contribution in [0.1, 0.15) is 31.2 Å². The number of rotatable bonds is 7. The molecule has 2 aromatic carbocycles. The van der Waals surface area contributed by atoms with Gasteiger partial charge in [0, 0.05) is 61.2 Å². The van der Waals surface area contributed by atoms with E-state index in [0.29, 0.717) is 38.8 Å². The van der Waals surface area contributed by atoms with Crippen molar-refractivity contribution in [1.29, 1.82) is 0 Å². The first-order chi connectivity index (χ1) is 19.2. The van der Waals surface area contributed by atoms with E-state index in [1.807, 2.05) is 29.2 Å². The maximum Gasteiger partial charge on any atom is 0.423 e. The Bertz CT molecular complexity index is 1360. The summed E-state index contributed by atoms with van der Waals surface area (Å²) in [5, 5.41) is 15.1. The number of carbonyl (C=O) groups is 1. The summed E-state index contributed by atoms with van der Waals surface area (Å²) in [4.78, 5) is 31.3. The summed E-state index contributed by atoms with van der Waals surface area (Å²) in [7, 11) is 0. The average Bonchev–Trinajstić information content (AvgIpc) is 2.96. The number of nitro groups is 1. The van der Waals surface area contributed by atoms with Crippen molar-refractivity contribution in [1.82, 2.24) is 9.88 Å². The number of amides is 1. The second-order valence-electron chi connectivity index (χ2n) is 10.1. The predicted molar refractivity (Wildman–Crippen MR) is 144 cm³/mol. The molecule has 1 saturated heterocycles. The number of benzene rings is 2. The van der Waals surface area contributed by atoms with E-state index in [2.05, 4.69) is 21.3 Å². The number of hydrogen-bond donors (Lipinski definition) is 1. The topological polar surface area (TPSA) is 101 Å². The Labute approximate surface area is 229 Å². The average molecular weight is 558 g/mol. The molecule has 0 radical (unpaired) electrons. The lowest BCUT2D eigenvalue weighted by Crippen LogP contribution is -2.50. The fourth-order valence-electron chi connectivity index (χ4n) is 5.46. The summed E-state index contributed by atoms with van der Waals surface area (Å²) < 4.78 is 45.7. The molecule has 5 rings (SSSR count). The Hall–Kier alpha value is -3.93. The Morgan fingerprint density at radius 3 is 2.48 bits per heavy atom. The molecule has 1 N–H and O–H groups in total. The Morgan fingerprint density at radius 2 is 1.77 bits per heavy atom. The molecule has 0 spiro atoms. The van der Waals surface area contributed by atoms with Crippen LogP contribution in [0.2, 0.25) is 0 Å². The standard InChI is InChI=1S/C28H30F3N5O4/c29-28(30,31)23-17-20(7-10-26(23)36(38)39)33-19-5-8-21(9-6-19)40-18-27(37)35-15-13-34(14-16-35)25-11-12-32-24-4-2-1-3-22(24)25/h1-4,7,10-12,17,19,21,33H,5-6,8-9,13-16,18H2. The second-order valence-corrected chi connectivity index (χ2v) is 10.1. The number of ether oxygens (including phenoxy) is 1. The smallest absolute Gasteiger partial charge is 0.382 e. The van der Waals surface area contributed by atoms with Crippen LogP contribution >= 0.6 is 0 Å². The van der Waals surface area contributed by atoms with Gasteiger partial charge in [0.2, 0.25) is 5.91 Å². The predicted octanol–water partition coefficient (Wildman–Crippen LogP) is 5.25. The van der Waals surface area contributed by atoms with E-state index in [4.69, 9.17) is 4.74 Å². The highest BCUT2D eigenvalue weighted by molar-refractivity contribution is 5.91. The van der Waals surface area contributed by atoms with Gasteiger partial charge in [-0.05, 0) is 49.9 Å². The van der Waals surface area contributed by atoms with Gasteiger partial charge in [-0.2, -0.15) is 13.2 Å². The minimum atomic E-state index is -4.82. The van der Waals surface area contributed by atoms with E-state index in [9.17, 15) is 28.1 Å². The Morgan fingerprint density at radius 1 is 1.05 bits per heavy atom. The number of hydrogen-bond acceptors (Lipinski definition) is 7. The lowest BCUT2D eigenvalue weighted by molar-refractivity contribution is -0.388. The maximum absolute atomic E-state index is 13.3. The van der Waals surface area contributed by atoms with Crippen LogP contribution < -0.4 is 10.2 Å². The third kappa shape index (κ3) is 6.27. The fraction of sp³-hybridized carbons (Fsp3) is 0.429. The number of para-hydroxylation sites is 1. The van der Waals surface area contributed by atoms with Gasteiger partial charge in [-0.3, -0.25) is 19.9 Å². The number of anilines is 2. The normalized spacial score (nSPS) is 20.0. The molecule has 2 aliphatic rings. The van der Waals surface area contributed by atoms with E-state index < -0.39 is 22.4 Å². The first-order valence-corrected chi connectivity index (χ1v) is 13.3. The highest BCUT2D eigenvalue weighted by Crippen LogP contribution is 2.38. The van der Waals surface area contributed by atoms with Gasteiger partial charge in [0.25, 0.3) is 5.69 Å². The van der Waals surface area contributed by atoms with Crippen LogP contribution in [0.5, 0.6) is 0 Å². The van der Waals surface area contributed by atoms with Gasteiger partial charge < -0.3 is 19.9 Å². The molecule has 40 heavy (non-hydrogen) atoms. The SMILES string of the molecule is O=C(COC1CCC(Nc2ccc([N+](=O)[O-])c(C(F)(F)F)c2)CC1)N1CCN(c2ccnc3ccccc23)CC1. The van der Waals surface area contributed by atoms with Crippen molar-refractivity contribution in [3.8, 4) is 0 Å². The number of piperazine rings is 1. The monoisotopic (exact) mass is 557 g/mol. The summed E-state index contributed by atoms with van der Waals surface area (Å²) >= 11 is 0. The molecule has 0 unspecified atom stereocenters. The molecule has 0 atom stereocenters. The first kappa shape index (κ1) is 27.6. The Balaban J connectivity index is 1.07. The summed E-state index contributed by atoms with van der Waals surface area (Å²) in [5.41, 5.74) is 0.00905. The van der Waals surface area contributed by atoms with E-state index in [1.54, 1.807) is 6.20 Å². The number of nitrogens with one attached hydrogen (secondary N) is 1. The summed E-state index contributed by atoms with van der Waals surface area (Å²) in [6.45, 7) is 2.64. The van der Waals surface area contributed by atoms with Gasteiger partial charge >= 0.3 is 6.18 Å². The van der Waals surface area contributed by atoms with E-state index in [1.165, 1.54) is 6.07 Å². The van der Waals surface area contributed by atoms with Gasteiger partial charge in [0.05, 0.1) is 16.5 Å². The zero-order valence-electron chi connectivity index (χ0n) is 21.8. The van der Waals surface area contributed by atoms with Gasteiger partial charge in [0.15, 0.2) is 0 Å². The fourth-order valence-corrected chi connectivity index (χ4v) is 5.46. The van der Waals surface area contributed by atoms with Crippen molar-refractivity contribution in [3.05, 3.63) is 70.4 Å². The van der Waals surface area contributed by atoms with Crippen LogP contribution in [0, 0.1) is 10.1 Å². The highest BCUT2D eigenvalue weighted by Gasteiger charge is 2.38. The number of aromatic nitrogens is 1. The van der Waals surface area contributed by atoms with Crippen LogP contribution in [0.15, 0.2) is 54.7 Å². The van der Waals surface area contributed by atoms with Crippen LogP contribution in [-0.2, 0) is 15.7 Å². The maximum atomic E-state index is 13.3. The minimum absolute atomic E-state index is 0.00174.